The normalized spacial score (nSPS) is 9.17. The molecule has 0 saturated heterocycles. The molecule has 0 radical (unpaired) electrons. The van der Waals surface area contributed by atoms with Gasteiger partial charge in [0.05, 0.1) is 0 Å². The topological polar surface area (TPSA) is 85.6 Å². The van der Waals surface area contributed by atoms with Gasteiger partial charge in [0.15, 0.2) is 0 Å². The zero-order valence-corrected chi connectivity index (χ0v) is 18.6. The molecule has 0 aliphatic heterocycles. The predicted octanol–water partition coefficient (Wildman–Crippen LogP) is 4.26. The molecule has 0 saturated carbocycles. The first-order valence-electron chi connectivity index (χ1n) is 9.49. The van der Waals surface area contributed by atoms with Crippen LogP contribution >= 0.6 is 0 Å². The Balaban J connectivity index is 0.000000523. The second kappa shape index (κ2) is 15.5. The summed E-state index contributed by atoms with van der Waals surface area (Å²) >= 11 is 0. The Labute approximate surface area is 188 Å². The molecule has 0 aliphatic carbocycles. The summed E-state index contributed by atoms with van der Waals surface area (Å²) in [6.07, 6.45) is 5.72. The van der Waals surface area contributed by atoms with Gasteiger partial charge >= 0.3 is 0 Å². The molecule has 0 atom stereocenters. The summed E-state index contributed by atoms with van der Waals surface area (Å²) < 4.78 is 0. The fourth-order valence-corrected chi connectivity index (χ4v) is 2.36. The molecule has 152 valence electrons. The van der Waals surface area contributed by atoms with Crippen molar-refractivity contribution in [2.75, 3.05) is 0 Å². The van der Waals surface area contributed by atoms with Gasteiger partial charge in [-0.05, 0) is 25.7 Å². The van der Waals surface area contributed by atoms with E-state index >= 15 is 0 Å². The van der Waals surface area contributed by atoms with Crippen molar-refractivity contribution in [1.82, 2.24) is 0 Å². The second-order valence-electron chi connectivity index (χ2n) is 6.27. The van der Waals surface area contributed by atoms with Crippen LogP contribution in [0.2, 0.25) is 0 Å². The van der Waals surface area contributed by atoms with Gasteiger partial charge in [0.25, 0.3) is 0 Å². The van der Waals surface area contributed by atoms with Crippen molar-refractivity contribution < 1.29 is 40.9 Å². The molecular weight excluding hydrogens is 400 g/mol. The largest absolute Gasteiger partial charge is 0.313 e. The summed E-state index contributed by atoms with van der Waals surface area (Å²) in [6, 6.07) is 18.3. The van der Waals surface area contributed by atoms with E-state index in [1.807, 2.05) is 50.2 Å². The second-order valence-corrected chi connectivity index (χ2v) is 6.27. The Bertz CT molecular complexity index is 702. The van der Waals surface area contributed by atoms with Crippen molar-refractivity contribution in [1.29, 1.82) is 0 Å². The Hall–Kier alpha value is -2.43. The minimum Gasteiger partial charge on any atom is -0.313 e. The molecule has 0 aliphatic rings. The van der Waals surface area contributed by atoms with E-state index in [-0.39, 0.29) is 44.9 Å². The van der Waals surface area contributed by atoms with Crippen LogP contribution in [0.25, 0.3) is 0 Å². The van der Waals surface area contributed by atoms with Crippen molar-refractivity contribution in [2.24, 2.45) is 0 Å². The van der Waals surface area contributed by atoms with Gasteiger partial charge in [-0.15, -0.1) is 24.3 Å². The third-order valence-electron chi connectivity index (χ3n) is 3.76. The molecule has 0 unspecified atom stereocenters. The molecule has 29 heavy (non-hydrogen) atoms. The van der Waals surface area contributed by atoms with E-state index < -0.39 is 0 Å². The Kier molecular flexibility index (Phi) is 14.2. The van der Waals surface area contributed by atoms with Gasteiger partial charge < -0.3 is 9.59 Å². The van der Waals surface area contributed by atoms with E-state index in [0.717, 1.165) is 24.0 Å². The minimum atomic E-state index is 0. The van der Waals surface area contributed by atoms with E-state index in [1.165, 1.54) is 12.8 Å². The summed E-state index contributed by atoms with van der Waals surface area (Å²) in [4.78, 5) is 37.9. The first-order valence-corrected chi connectivity index (χ1v) is 9.49. The van der Waals surface area contributed by atoms with Gasteiger partial charge in [-0.25, -0.2) is 0 Å². The summed E-state index contributed by atoms with van der Waals surface area (Å²) in [5.74, 6) is 0.649. The molecule has 2 aromatic carbocycles. The number of ketones is 4. The van der Waals surface area contributed by atoms with E-state index in [1.54, 1.807) is 24.3 Å². The van der Waals surface area contributed by atoms with Gasteiger partial charge in [-0.2, -0.15) is 0 Å². The van der Waals surface area contributed by atoms with Crippen molar-refractivity contribution in [3.63, 3.8) is 0 Å². The SMILES string of the molecule is CCCC(=[OH+])[CH-]C(=[OH+])c1ccccc1.CCCC(=[OH+])[CH-]C(=[OH+])c1ccccc1.[Ti]. The van der Waals surface area contributed by atoms with E-state index in [0.29, 0.717) is 12.8 Å². The van der Waals surface area contributed by atoms with Crippen LogP contribution in [0.4, 0.5) is 0 Å². The monoisotopic (exact) mass is 430 g/mol. The summed E-state index contributed by atoms with van der Waals surface area (Å²) in [5.41, 5.74) is 1.44. The van der Waals surface area contributed by atoms with Crippen LogP contribution < -0.4 is 0 Å². The number of benzene rings is 2. The molecule has 0 aromatic heterocycles. The zero-order chi connectivity index (χ0) is 20.8. The molecule has 2 rings (SSSR count). The first kappa shape index (κ1) is 26.6. The van der Waals surface area contributed by atoms with Crippen LogP contribution in [0.5, 0.6) is 0 Å². The molecule has 4 N–H and O–H groups in total. The van der Waals surface area contributed by atoms with Gasteiger partial charge in [-0.3, -0.25) is 9.59 Å². The summed E-state index contributed by atoms with van der Waals surface area (Å²) in [7, 11) is 0. The van der Waals surface area contributed by atoms with Gasteiger partial charge in [0, 0.05) is 34.6 Å². The van der Waals surface area contributed by atoms with Crippen molar-refractivity contribution in [3.8, 4) is 0 Å². The van der Waals surface area contributed by atoms with E-state index in [9.17, 15) is 19.2 Å². The number of rotatable bonds is 10. The average Bonchev–Trinajstić information content (AvgIpc) is 2.70. The average molecular weight is 430 g/mol. The van der Waals surface area contributed by atoms with Crippen molar-refractivity contribution in [2.45, 2.75) is 39.5 Å². The minimum absolute atomic E-state index is 0. The molecule has 0 heterocycles. The predicted molar refractivity (Wildman–Crippen MR) is 117 cm³/mol. The van der Waals surface area contributed by atoms with Crippen LogP contribution in [-0.2, 0) is 21.7 Å². The van der Waals surface area contributed by atoms with Crippen LogP contribution in [0, 0.1) is 12.8 Å². The molecule has 5 heteroatoms. The quantitative estimate of drug-likeness (QED) is 0.177. The van der Waals surface area contributed by atoms with E-state index in [2.05, 4.69) is 0 Å². The molecule has 0 spiro atoms. The Morgan fingerprint density at radius 1 is 0.621 bits per heavy atom. The maximum Gasteiger partial charge on any atom is 0.250 e. The van der Waals surface area contributed by atoms with Crippen LogP contribution in [0.1, 0.15) is 50.7 Å². The van der Waals surface area contributed by atoms with Crippen LogP contribution in [0.15, 0.2) is 60.7 Å². The fourth-order valence-electron chi connectivity index (χ4n) is 2.36. The Morgan fingerprint density at radius 2 is 0.931 bits per heavy atom. The van der Waals surface area contributed by atoms with Gasteiger partial charge in [0.2, 0.25) is 23.1 Å². The van der Waals surface area contributed by atoms with Crippen LogP contribution in [-0.4, -0.2) is 42.3 Å². The molecule has 0 bridgehead atoms. The number of hydrogen-bond donors (Lipinski definition) is 0. The molecule has 2 aromatic rings. The molecule has 0 amide bonds. The van der Waals surface area contributed by atoms with Crippen molar-refractivity contribution in [3.05, 3.63) is 84.6 Å². The maximum absolute atomic E-state index is 9.60. The maximum atomic E-state index is 9.60. The zero-order valence-electron chi connectivity index (χ0n) is 17.0. The Morgan fingerprint density at radius 3 is 1.21 bits per heavy atom. The smallest absolute Gasteiger partial charge is 0.250 e. The third kappa shape index (κ3) is 11.2. The standard InChI is InChI=1S/2C12H13O2.Ti/c2*1-2-6-11(13)9-12(14)10-7-4-3-5-8-10;/h2*3-5,7-9H,2,6H2,1H3;/q2*-1;/p+4. The van der Waals surface area contributed by atoms with Crippen LogP contribution in [0.3, 0.4) is 0 Å². The molecule has 0 fully saturated rings. The first-order chi connectivity index (χ1) is 13.5. The third-order valence-corrected chi connectivity index (χ3v) is 3.76. The summed E-state index contributed by atoms with van der Waals surface area (Å²) in [6.45, 7) is 3.95. The molecule has 4 nitrogen and oxygen atoms in total. The number of hydrogen-bond acceptors (Lipinski definition) is 0. The summed E-state index contributed by atoms with van der Waals surface area (Å²) in [5, 5.41) is 0. The fraction of sp³-hybridized carbons (Fsp3) is 0.250. The van der Waals surface area contributed by atoms with Crippen molar-refractivity contribution >= 4 is 23.1 Å². The number of carbonyl (C=O) groups excluding carboxylic acids is 4. The van der Waals surface area contributed by atoms with E-state index in [4.69, 9.17) is 0 Å². The molecular formula is C24H30O4Ti+2. The van der Waals surface area contributed by atoms with Gasteiger partial charge in [0.1, 0.15) is 0 Å². The van der Waals surface area contributed by atoms with Gasteiger partial charge in [-0.1, -0.05) is 61.4 Å².